The summed E-state index contributed by atoms with van der Waals surface area (Å²) in [4.78, 5) is 11.7. The second-order valence-electron chi connectivity index (χ2n) is 10.6. The van der Waals surface area contributed by atoms with Crippen molar-refractivity contribution in [1.29, 1.82) is 0 Å². The number of allylic oxidation sites excluding steroid dienone is 1. The van der Waals surface area contributed by atoms with Crippen LogP contribution in [0.3, 0.4) is 0 Å². The predicted octanol–water partition coefficient (Wildman–Crippen LogP) is 3.97. The van der Waals surface area contributed by atoms with Crippen molar-refractivity contribution in [3.63, 3.8) is 0 Å². The van der Waals surface area contributed by atoms with Crippen LogP contribution >= 0.6 is 0 Å². The second kappa shape index (κ2) is 10.3. The molecule has 0 radical (unpaired) electrons. The Balaban J connectivity index is 0.000000311. The lowest BCUT2D eigenvalue weighted by molar-refractivity contribution is -0.242. The van der Waals surface area contributed by atoms with Crippen LogP contribution < -0.4 is 0 Å². The number of aromatic hydroxyl groups is 1. The summed E-state index contributed by atoms with van der Waals surface area (Å²) >= 11 is 0. The largest absolute Gasteiger partial charge is 0.508 e. The average molecular weight is 437 g/mol. The van der Waals surface area contributed by atoms with E-state index < -0.39 is 24.1 Å². The van der Waals surface area contributed by atoms with Gasteiger partial charge in [-0.05, 0) is 48.1 Å². The van der Waals surface area contributed by atoms with Crippen molar-refractivity contribution in [2.45, 2.75) is 92.3 Å². The summed E-state index contributed by atoms with van der Waals surface area (Å²) in [5.41, 5.74) is 1.22. The van der Waals surface area contributed by atoms with Gasteiger partial charge < -0.3 is 25.2 Å². The molecule has 4 N–H and O–H groups in total. The fourth-order valence-corrected chi connectivity index (χ4v) is 3.31. The molecule has 1 heterocycles. The number of ether oxygens (including phenoxy) is 1. The Kier molecular flexibility index (Phi) is 9.04. The molecule has 1 aromatic carbocycles. The number of benzene rings is 1. The smallest absolute Gasteiger partial charge is 0.195 e. The molecule has 0 amide bonds. The van der Waals surface area contributed by atoms with Crippen molar-refractivity contribution >= 4 is 11.9 Å². The second-order valence-corrected chi connectivity index (χ2v) is 10.6. The van der Waals surface area contributed by atoms with Crippen molar-refractivity contribution in [2.75, 3.05) is 0 Å². The topological polar surface area (TPSA) is 107 Å². The van der Waals surface area contributed by atoms with Crippen molar-refractivity contribution in [2.24, 2.45) is 10.8 Å². The van der Waals surface area contributed by atoms with E-state index in [1.165, 1.54) is 0 Å². The first-order chi connectivity index (χ1) is 14.0. The zero-order chi connectivity index (χ0) is 24.2. The first-order valence-corrected chi connectivity index (χ1v) is 10.8. The van der Waals surface area contributed by atoms with Crippen molar-refractivity contribution in [3.8, 4) is 5.75 Å². The Bertz CT molecular complexity index is 771. The number of aliphatic hydroxyl groups is 3. The fourth-order valence-electron chi connectivity index (χ4n) is 3.31. The molecule has 1 saturated heterocycles. The third kappa shape index (κ3) is 8.04. The molecule has 0 saturated carbocycles. The molecule has 6 nitrogen and oxygen atoms in total. The summed E-state index contributed by atoms with van der Waals surface area (Å²) in [7, 11) is 0. The minimum atomic E-state index is -1.61. The Hall–Kier alpha value is -1.73. The van der Waals surface area contributed by atoms with Crippen LogP contribution in [0.4, 0.5) is 0 Å². The molecule has 31 heavy (non-hydrogen) atoms. The number of phenolic OH excluding ortho intramolecular Hbond substituents is 1. The van der Waals surface area contributed by atoms with E-state index in [9.17, 15) is 25.2 Å². The van der Waals surface area contributed by atoms with E-state index >= 15 is 0 Å². The van der Waals surface area contributed by atoms with Crippen LogP contribution in [-0.2, 0) is 9.53 Å². The van der Waals surface area contributed by atoms with Crippen LogP contribution in [-0.4, -0.2) is 50.3 Å². The summed E-state index contributed by atoms with van der Waals surface area (Å²) in [6.07, 6.45) is 1.54. The van der Waals surface area contributed by atoms with Gasteiger partial charge in [-0.25, -0.2) is 0 Å². The highest BCUT2D eigenvalue weighted by Gasteiger charge is 2.53. The van der Waals surface area contributed by atoms with E-state index in [1.807, 2.05) is 61.5 Å². The quantitative estimate of drug-likeness (QED) is 0.532. The maximum Gasteiger partial charge on any atom is 0.195 e. The SMILES string of the molecule is CC[C@H]1O[C@@](O)(CC(C)(C)C)[C@@H](O)[C@@H]1O.Cc1cc(/C=C/C(=O)C(C)(C)C)ccc1O. The molecule has 6 heteroatoms. The molecule has 0 aliphatic carbocycles. The Morgan fingerprint density at radius 3 is 2.16 bits per heavy atom. The van der Waals surface area contributed by atoms with Gasteiger partial charge >= 0.3 is 0 Å². The summed E-state index contributed by atoms with van der Waals surface area (Å²) in [5.74, 6) is -1.24. The molecular formula is C25H40O6. The molecule has 0 aromatic heterocycles. The Morgan fingerprint density at radius 2 is 1.74 bits per heavy atom. The average Bonchev–Trinajstić information content (AvgIpc) is 2.84. The van der Waals surface area contributed by atoms with Crippen LogP contribution in [0.25, 0.3) is 6.08 Å². The number of hydrogen-bond acceptors (Lipinski definition) is 6. The number of ketones is 1. The molecule has 1 fully saturated rings. The summed E-state index contributed by atoms with van der Waals surface area (Å²) in [6, 6.07) is 5.27. The van der Waals surface area contributed by atoms with E-state index in [4.69, 9.17) is 4.74 Å². The van der Waals surface area contributed by atoms with Gasteiger partial charge in [0.05, 0.1) is 6.10 Å². The van der Waals surface area contributed by atoms with Gasteiger partial charge in [0.25, 0.3) is 0 Å². The lowest BCUT2D eigenvalue weighted by atomic mass is 9.85. The van der Waals surface area contributed by atoms with E-state index in [1.54, 1.807) is 24.3 Å². The van der Waals surface area contributed by atoms with Gasteiger partial charge in [0.1, 0.15) is 18.0 Å². The maximum absolute atomic E-state index is 11.7. The van der Waals surface area contributed by atoms with Gasteiger partial charge in [-0.3, -0.25) is 4.79 Å². The van der Waals surface area contributed by atoms with Crippen LogP contribution in [0.15, 0.2) is 24.3 Å². The molecule has 4 atom stereocenters. The molecule has 0 bridgehead atoms. The van der Waals surface area contributed by atoms with Crippen LogP contribution in [0.1, 0.15) is 72.4 Å². The monoisotopic (exact) mass is 436 g/mol. The summed E-state index contributed by atoms with van der Waals surface area (Å²) in [5, 5.41) is 38.9. The first kappa shape index (κ1) is 27.3. The Labute approximate surface area is 186 Å². The maximum atomic E-state index is 11.7. The molecule has 0 spiro atoms. The lowest BCUT2D eigenvalue weighted by Crippen LogP contribution is -2.45. The molecule has 1 aromatic rings. The number of carbonyl (C=O) groups is 1. The summed E-state index contributed by atoms with van der Waals surface area (Å²) < 4.78 is 5.35. The highest BCUT2D eigenvalue weighted by Crippen LogP contribution is 2.38. The van der Waals surface area contributed by atoms with Gasteiger partial charge in [-0.1, -0.05) is 60.6 Å². The van der Waals surface area contributed by atoms with Gasteiger partial charge in [0.2, 0.25) is 0 Å². The third-order valence-corrected chi connectivity index (χ3v) is 5.10. The van der Waals surface area contributed by atoms with E-state index in [-0.39, 0.29) is 22.4 Å². The van der Waals surface area contributed by atoms with Crippen LogP contribution in [0, 0.1) is 17.8 Å². The Morgan fingerprint density at radius 1 is 1.16 bits per heavy atom. The van der Waals surface area contributed by atoms with Gasteiger partial charge in [0.15, 0.2) is 11.6 Å². The number of aliphatic hydroxyl groups excluding tert-OH is 2. The zero-order valence-corrected chi connectivity index (χ0v) is 20.1. The molecule has 1 aliphatic heterocycles. The summed E-state index contributed by atoms with van der Waals surface area (Å²) in [6.45, 7) is 15.2. The highest BCUT2D eigenvalue weighted by molar-refractivity contribution is 5.97. The lowest BCUT2D eigenvalue weighted by Gasteiger charge is -2.32. The minimum Gasteiger partial charge on any atom is -0.508 e. The minimum absolute atomic E-state index is 0.0956. The molecule has 0 unspecified atom stereocenters. The number of rotatable bonds is 4. The first-order valence-electron chi connectivity index (χ1n) is 10.8. The highest BCUT2D eigenvalue weighted by atomic mass is 16.7. The van der Waals surface area contributed by atoms with Gasteiger partial charge in [-0.15, -0.1) is 0 Å². The number of hydrogen-bond donors (Lipinski definition) is 4. The fraction of sp³-hybridized carbons (Fsp3) is 0.640. The molecule has 1 aliphatic rings. The number of aryl methyl sites for hydroxylation is 1. The van der Waals surface area contributed by atoms with Crippen LogP contribution in [0.2, 0.25) is 0 Å². The van der Waals surface area contributed by atoms with Crippen molar-refractivity contribution in [3.05, 3.63) is 35.4 Å². The predicted molar refractivity (Wildman–Crippen MR) is 123 cm³/mol. The third-order valence-electron chi connectivity index (χ3n) is 5.10. The van der Waals surface area contributed by atoms with E-state index in [0.29, 0.717) is 12.8 Å². The molecular weight excluding hydrogens is 396 g/mol. The van der Waals surface area contributed by atoms with E-state index in [0.717, 1.165) is 11.1 Å². The van der Waals surface area contributed by atoms with Gasteiger partial charge in [0, 0.05) is 11.8 Å². The normalized spacial score (nSPS) is 26.6. The van der Waals surface area contributed by atoms with Gasteiger partial charge in [-0.2, -0.15) is 0 Å². The van der Waals surface area contributed by atoms with Crippen molar-refractivity contribution in [1.82, 2.24) is 0 Å². The van der Waals surface area contributed by atoms with Crippen LogP contribution in [0.5, 0.6) is 5.75 Å². The van der Waals surface area contributed by atoms with Crippen molar-refractivity contribution < 1.29 is 30.0 Å². The zero-order valence-electron chi connectivity index (χ0n) is 20.1. The van der Waals surface area contributed by atoms with E-state index in [2.05, 4.69) is 0 Å². The number of phenols is 1. The molecule has 176 valence electrons. The standard InChI is InChI=1S/C14H18O2.C11H22O4/c1-10-9-11(5-7-12(10)15)6-8-13(16)14(2,3)4;1-5-7-8(12)9(13)11(14,15-7)6-10(2,3)4/h5-9,15H,1-4H3;7-9,12-14H,5-6H2,1-4H3/b8-6+;/t;7-,8-,9+,11+/m.1/s1. The molecule has 2 rings (SSSR count). The number of carbonyl (C=O) groups excluding carboxylic acids is 1.